The minimum atomic E-state index is -4.24. The average molecular weight is 644 g/mol. The SMILES string of the molecule is O=C1CCCN1c1cc(C(c2ccc(Cl)cc2)c2ccc(Cl)cc2)cc2c(NC3CCN(CC(F)(F)F)CC3)cc(=O)[nH]c12. The number of H-pyrrole nitrogens is 1. The Morgan fingerprint density at radius 2 is 1.48 bits per heavy atom. The third-order valence-corrected chi connectivity index (χ3v) is 8.91. The lowest BCUT2D eigenvalue weighted by Gasteiger charge is -2.33. The molecule has 0 aliphatic carbocycles. The molecule has 2 saturated heterocycles. The predicted octanol–water partition coefficient (Wildman–Crippen LogP) is 7.58. The van der Waals surface area contributed by atoms with Gasteiger partial charge in [-0.05, 0) is 72.4 Å². The van der Waals surface area contributed by atoms with Crippen LogP contribution in [0.25, 0.3) is 10.9 Å². The fourth-order valence-electron chi connectivity index (χ4n) is 6.36. The molecule has 1 amide bonds. The van der Waals surface area contributed by atoms with Crippen LogP contribution >= 0.6 is 23.2 Å². The van der Waals surface area contributed by atoms with E-state index in [1.165, 1.54) is 11.0 Å². The van der Waals surface area contributed by atoms with Gasteiger partial charge in [0, 0.05) is 65.2 Å². The van der Waals surface area contributed by atoms with E-state index in [9.17, 15) is 22.8 Å². The highest BCUT2D eigenvalue weighted by molar-refractivity contribution is 6.30. The average Bonchev–Trinajstić information content (AvgIpc) is 3.41. The van der Waals surface area contributed by atoms with Gasteiger partial charge in [-0.25, -0.2) is 0 Å². The highest BCUT2D eigenvalue weighted by Gasteiger charge is 2.33. The van der Waals surface area contributed by atoms with Gasteiger partial charge < -0.3 is 15.2 Å². The van der Waals surface area contributed by atoms with Crippen molar-refractivity contribution in [3.05, 3.63) is 104 Å². The number of amides is 1. The van der Waals surface area contributed by atoms with Crippen molar-refractivity contribution in [3.8, 4) is 0 Å². The van der Waals surface area contributed by atoms with Gasteiger partial charge in [0.2, 0.25) is 5.91 Å². The number of hydrogen-bond donors (Lipinski definition) is 2. The van der Waals surface area contributed by atoms with E-state index in [-0.39, 0.29) is 23.4 Å². The number of carbonyl (C=O) groups excluding carboxylic acids is 1. The number of piperidine rings is 1. The number of fused-ring (bicyclic) bond motifs is 1. The van der Waals surface area contributed by atoms with Crippen molar-refractivity contribution < 1.29 is 18.0 Å². The smallest absolute Gasteiger partial charge is 0.382 e. The summed E-state index contributed by atoms with van der Waals surface area (Å²) in [6.45, 7) is 0.195. The zero-order chi connectivity index (χ0) is 31.0. The molecule has 11 heteroatoms. The summed E-state index contributed by atoms with van der Waals surface area (Å²) >= 11 is 12.5. The lowest BCUT2D eigenvalue weighted by molar-refractivity contribution is -0.147. The summed E-state index contributed by atoms with van der Waals surface area (Å²) in [5, 5.41) is 5.41. The van der Waals surface area contributed by atoms with Gasteiger partial charge in [-0.3, -0.25) is 14.5 Å². The van der Waals surface area contributed by atoms with Crippen LogP contribution < -0.4 is 15.8 Å². The Balaban J connectivity index is 1.47. The van der Waals surface area contributed by atoms with E-state index in [0.717, 1.165) is 22.1 Å². The highest BCUT2D eigenvalue weighted by atomic mass is 35.5. The Bertz CT molecular complexity index is 1670. The van der Waals surface area contributed by atoms with Gasteiger partial charge in [-0.1, -0.05) is 47.5 Å². The minimum Gasteiger partial charge on any atom is -0.382 e. The van der Waals surface area contributed by atoms with Gasteiger partial charge >= 0.3 is 6.18 Å². The number of hydrogen-bond acceptors (Lipinski definition) is 4. The van der Waals surface area contributed by atoms with E-state index in [0.29, 0.717) is 72.3 Å². The topological polar surface area (TPSA) is 68.4 Å². The van der Waals surface area contributed by atoms with Crippen molar-refractivity contribution in [2.24, 2.45) is 0 Å². The molecule has 3 aromatic carbocycles. The lowest BCUT2D eigenvalue weighted by atomic mass is 9.84. The lowest BCUT2D eigenvalue weighted by Crippen LogP contribution is -2.43. The largest absolute Gasteiger partial charge is 0.401 e. The van der Waals surface area contributed by atoms with Gasteiger partial charge in [-0.2, -0.15) is 13.2 Å². The molecule has 4 aromatic rings. The van der Waals surface area contributed by atoms with Gasteiger partial charge in [0.1, 0.15) is 0 Å². The third-order valence-electron chi connectivity index (χ3n) is 8.41. The number of aromatic nitrogens is 1. The van der Waals surface area contributed by atoms with Crippen LogP contribution in [0.5, 0.6) is 0 Å². The Kier molecular flexibility index (Phi) is 8.64. The first-order valence-corrected chi connectivity index (χ1v) is 15.4. The molecule has 6 rings (SSSR count). The van der Waals surface area contributed by atoms with Crippen LogP contribution in [0.15, 0.2) is 71.5 Å². The molecule has 230 valence electrons. The minimum absolute atomic E-state index is 0.0192. The Labute approximate surface area is 262 Å². The van der Waals surface area contributed by atoms with Gasteiger partial charge in [0.05, 0.1) is 17.7 Å². The van der Waals surface area contributed by atoms with Crippen molar-refractivity contribution in [2.45, 2.75) is 43.8 Å². The van der Waals surface area contributed by atoms with Crippen LogP contribution in [0, 0.1) is 0 Å². The molecule has 2 aliphatic heterocycles. The number of alkyl halides is 3. The van der Waals surface area contributed by atoms with Crippen LogP contribution in [0.1, 0.15) is 48.3 Å². The standard InChI is InChI=1S/C33H31Cl2F3N4O2/c34-23-7-3-20(4-8-23)31(21-5-9-24(35)10-6-21)22-16-26-27(39-25-11-14-41(15-12-25)19-33(36,37)38)18-29(43)40-32(26)28(17-22)42-13-1-2-30(42)44/h3-10,16-18,25,31H,1-2,11-15,19H2,(H2,39,40,43). The number of aromatic amines is 1. The first kappa shape index (κ1) is 30.5. The second-order valence-corrected chi connectivity index (χ2v) is 12.4. The molecule has 0 spiro atoms. The number of pyridine rings is 1. The van der Waals surface area contributed by atoms with Gasteiger partial charge in [0.25, 0.3) is 5.56 Å². The van der Waals surface area contributed by atoms with E-state index < -0.39 is 12.7 Å². The Hall–Kier alpha value is -3.53. The summed E-state index contributed by atoms with van der Waals surface area (Å²) in [5.41, 5.74) is 4.26. The van der Waals surface area contributed by atoms with E-state index >= 15 is 0 Å². The fourth-order valence-corrected chi connectivity index (χ4v) is 6.61. The zero-order valence-electron chi connectivity index (χ0n) is 23.8. The summed E-state index contributed by atoms with van der Waals surface area (Å²) < 4.78 is 38.8. The molecular formula is C33H31Cl2F3N4O2. The van der Waals surface area contributed by atoms with Crippen molar-refractivity contribution >= 4 is 51.4 Å². The van der Waals surface area contributed by atoms with E-state index in [1.54, 1.807) is 4.90 Å². The molecule has 2 fully saturated rings. The fraction of sp³-hybridized carbons (Fsp3) is 0.333. The van der Waals surface area contributed by atoms with E-state index in [1.807, 2.05) is 60.7 Å². The second-order valence-electron chi connectivity index (χ2n) is 11.5. The first-order chi connectivity index (χ1) is 21.0. The number of halogens is 5. The normalized spacial score (nSPS) is 16.8. The first-order valence-electron chi connectivity index (χ1n) is 14.6. The molecule has 0 radical (unpaired) electrons. The quantitative estimate of drug-likeness (QED) is 0.204. The number of nitrogens with zero attached hydrogens (tertiary/aromatic N) is 2. The van der Waals surface area contributed by atoms with Crippen LogP contribution in [0.4, 0.5) is 24.5 Å². The molecule has 2 aliphatic rings. The summed E-state index contributed by atoms with van der Waals surface area (Å²) in [7, 11) is 0. The van der Waals surface area contributed by atoms with Crippen molar-refractivity contribution in [3.63, 3.8) is 0 Å². The number of nitrogens with one attached hydrogen (secondary N) is 2. The molecular weight excluding hydrogens is 612 g/mol. The van der Waals surface area contributed by atoms with Gasteiger partial charge in [-0.15, -0.1) is 0 Å². The maximum absolute atomic E-state index is 13.0. The number of benzene rings is 3. The molecule has 0 unspecified atom stereocenters. The number of likely N-dealkylation sites (tertiary alicyclic amines) is 1. The van der Waals surface area contributed by atoms with Crippen molar-refractivity contribution in [2.75, 3.05) is 36.4 Å². The molecule has 0 saturated carbocycles. The monoisotopic (exact) mass is 642 g/mol. The summed E-state index contributed by atoms with van der Waals surface area (Å²) in [5.74, 6) is -0.273. The molecule has 1 aromatic heterocycles. The second kappa shape index (κ2) is 12.5. The molecule has 2 N–H and O–H groups in total. The number of anilines is 2. The molecule has 44 heavy (non-hydrogen) atoms. The maximum Gasteiger partial charge on any atom is 0.401 e. The molecule has 0 bridgehead atoms. The Morgan fingerprint density at radius 3 is 2.02 bits per heavy atom. The van der Waals surface area contributed by atoms with E-state index in [2.05, 4.69) is 10.3 Å². The van der Waals surface area contributed by atoms with E-state index in [4.69, 9.17) is 23.2 Å². The Morgan fingerprint density at radius 1 is 0.864 bits per heavy atom. The van der Waals surface area contributed by atoms with Crippen LogP contribution in [-0.2, 0) is 4.79 Å². The van der Waals surface area contributed by atoms with Gasteiger partial charge in [0.15, 0.2) is 0 Å². The van der Waals surface area contributed by atoms with Crippen molar-refractivity contribution in [1.82, 2.24) is 9.88 Å². The predicted molar refractivity (Wildman–Crippen MR) is 169 cm³/mol. The molecule has 6 nitrogen and oxygen atoms in total. The van der Waals surface area contributed by atoms with Crippen LogP contribution in [-0.4, -0.2) is 54.2 Å². The van der Waals surface area contributed by atoms with Crippen LogP contribution in [0.3, 0.4) is 0 Å². The van der Waals surface area contributed by atoms with Crippen molar-refractivity contribution in [1.29, 1.82) is 0 Å². The third kappa shape index (κ3) is 6.75. The summed E-state index contributed by atoms with van der Waals surface area (Å²) in [6.07, 6.45) is -2.11. The highest BCUT2D eigenvalue weighted by Crippen LogP contribution is 2.40. The number of rotatable bonds is 7. The molecule has 0 atom stereocenters. The zero-order valence-corrected chi connectivity index (χ0v) is 25.3. The van der Waals surface area contributed by atoms with Crippen LogP contribution in [0.2, 0.25) is 10.0 Å². The number of carbonyl (C=O) groups is 1. The molecule has 3 heterocycles. The summed E-state index contributed by atoms with van der Waals surface area (Å²) in [6, 6.07) is 20.6. The summed E-state index contributed by atoms with van der Waals surface area (Å²) in [4.78, 5) is 32.1. The maximum atomic E-state index is 13.0.